The third-order valence-corrected chi connectivity index (χ3v) is 5.15. The van der Waals surface area contributed by atoms with E-state index in [0.29, 0.717) is 18.5 Å². The van der Waals surface area contributed by atoms with Crippen LogP contribution in [0.5, 0.6) is 0 Å². The molecular formula is C24H21NO2. The molecule has 0 fully saturated rings. The van der Waals surface area contributed by atoms with Crippen molar-refractivity contribution >= 4 is 11.7 Å². The van der Waals surface area contributed by atoms with Gasteiger partial charge in [-0.3, -0.25) is 9.59 Å². The molecule has 0 N–H and O–H groups in total. The van der Waals surface area contributed by atoms with Gasteiger partial charge in [0.25, 0.3) is 5.91 Å². The second-order valence-corrected chi connectivity index (χ2v) is 6.83. The highest BCUT2D eigenvalue weighted by Crippen LogP contribution is 2.36. The topological polar surface area (TPSA) is 37.4 Å². The van der Waals surface area contributed by atoms with Crippen LogP contribution in [0.15, 0.2) is 84.9 Å². The zero-order chi connectivity index (χ0) is 18.6. The lowest BCUT2D eigenvalue weighted by Crippen LogP contribution is -2.31. The standard InChI is InChI=1S/C24H21NO2/c26-23(19-11-5-2-6-12-19)17-22-20-13-7-8-14-21(20)24(27)25(22)16-15-18-9-3-1-4-10-18/h1-14,22H,15-17H2. The second kappa shape index (κ2) is 7.58. The summed E-state index contributed by atoms with van der Waals surface area (Å²) in [5.74, 6) is 0.0854. The lowest BCUT2D eigenvalue weighted by molar-refractivity contribution is 0.0705. The minimum Gasteiger partial charge on any atom is -0.331 e. The predicted molar refractivity (Wildman–Crippen MR) is 106 cm³/mol. The molecule has 1 atom stereocenters. The van der Waals surface area contributed by atoms with Crippen molar-refractivity contribution in [1.82, 2.24) is 4.90 Å². The summed E-state index contributed by atoms with van der Waals surface area (Å²) in [6, 6.07) is 26.9. The largest absolute Gasteiger partial charge is 0.331 e. The second-order valence-electron chi connectivity index (χ2n) is 6.83. The number of amides is 1. The van der Waals surface area contributed by atoms with Gasteiger partial charge in [-0.05, 0) is 23.6 Å². The van der Waals surface area contributed by atoms with Crippen LogP contribution >= 0.6 is 0 Å². The van der Waals surface area contributed by atoms with E-state index in [9.17, 15) is 9.59 Å². The lowest BCUT2D eigenvalue weighted by Gasteiger charge is -2.25. The van der Waals surface area contributed by atoms with Gasteiger partial charge in [-0.2, -0.15) is 0 Å². The first-order valence-corrected chi connectivity index (χ1v) is 9.26. The molecule has 3 heteroatoms. The van der Waals surface area contributed by atoms with Crippen LogP contribution in [0.2, 0.25) is 0 Å². The summed E-state index contributed by atoms with van der Waals surface area (Å²) in [5.41, 5.74) is 3.56. The quantitative estimate of drug-likeness (QED) is 0.601. The predicted octanol–water partition coefficient (Wildman–Crippen LogP) is 4.70. The number of nitrogens with zero attached hydrogens (tertiary/aromatic N) is 1. The van der Waals surface area contributed by atoms with Gasteiger partial charge in [0.1, 0.15) is 0 Å². The Balaban J connectivity index is 1.58. The third kappa shape index (κ3) is 3.54. The first-order valence-electron chi connectivity index (χ1n) is 9.26. The molecule has 0 radical (unpaired) electrons. The summed E-state index contributed by atoms with van der Waals surface area (Å²) in [4.78, 5) is 27.6. The van der Waals surface area contributed by atoms with E-state index in [1.165, 1.54) is 5.56 Å². The molecule has 1 aliphatic heterocycles. The minimum absolute atomic E-state index is 0.0207. The summed E-state index contributed by atoms with van der Waals surface area (Å²) >= 11 is 0. The highest BCUT2D eigenvalue weighted by molar-refractivity contribution is 6.02. The molecule has 0 aromatic heterocycles. The van der Waals surface area contributed by atoms with Gasteiger partial charge in [-0.15, -0.1) is 0 Å². The zero-order valence-electron chi connectivity index (χ0n) is 15.0. The van der Waals surface area contributed by atoms with E-state index in [-0.39, 0.29) is 17.7 Å². The number of carbonyl (C=O) groups excluding carboxylic acids is 2. The molecule has 134 valence electrons. The van der Waals surface area contributed by atoms with Gasteiger partial charge in [-0.25, -0.2) is 0 Å². The van der Waals surface area contributed by atoms with Crippen LogP contribution in [-0.4, -0.2) is 23.1 Å². The number of hydrogen-bond donors (Lipinski definition) is 0. The molecule has 1 unspecified atom stereocenters. The van der Waals surface area contributed by atoms with E-state index in [0.717, 1.165) is 17.5 Å². The molecule has 0 bridgehead atoms. The Bertz CT molecular complexity index is 950. The highest BCUT2D eigenvalue weighted by Gasteiger charge is 2.37. The number of benzene rings is 3. The fourth-order valence-corrected chi connectivity index (χ4v) is 3.74. The molecule has 3 aromatic carbocycles. The highest BCUT2D eigenvalue weighted by atomic mass is 16.2. The average molecular weight is 355 g/mol. The Morgan fingerprint density at radius 2 is 1.44 bits per heavy atom. The normalized spacial score (nSPS) is 15.6. The van der Waals surface area contributed by atoms with Crippen LogP contribution in [-0.2, 0) is 6.42 Å². The van der Waals surface area contributed by atoms with Crippen molar-refractivity contribution in [2.45, 2.75) is 18.9 Å². The molecule has 0 saturated carbocycles. The maximum absolute atomic E-state index is 13.0. The van der Waals surface area contributed by atoms with E-state index in [1.54, 1.807) is 0 Å². The lowest BCUT2D eigenvalue weighted by atomic mass is 9.97. The molecule has 27 heavy (non-hydrogen) atoms. The van der Waals surface area contributed by atoms with Gasteiger partial charge in [0.2, 0.25) is 0 Å². The fourth-order valence-electron chi connectivity index (χ4n) is 3.74. The van der Waals surface area contributed by atoms with Gasteiger partial charge < -0.3 is 4.90 Å². The molecule has 4 rings (SSSR count). The molecule has 3 aromatic rings. The van der Waals surface area contributed by atoms with Crippen LogP contribution in [0.25, 0.3) is 0 Å². The van der Waals surface area contributed by atoms with Crippen molar-refractivity contribution in [3.63, 3.8) is 0 Å². The van der Waals surface area contributed by atoms with Crippen molar-refractivity contribution < 1.29 is 9.59 Å². The fraction of sp³-hybridized carbons (Fsp3) is 0.167. The SMILES string of the molecule is O=C(CC1c2ccccc2C(=O)N1CCc1ccccc1)c1ccccc1. The van der Waals surface area contributed by atoms with E-state index < -0.39 is 0 Å². The molecule has 0 spiro atoms. The summed E-state index contributed by atoms with van der Waals surface area (Å²) < 4.78 is 0. The van der Waals surface area contributed by atoms with Crippen molar-refractivity contribution in [3.8, 4) is 0 Å². The smallest absolute Gasteiger partial charge is 0.254 e. The molecule has 1 aliphatic rings. The number of ketones is 1. The van der Waals surface area contributed by atoms with Gasteiger partial charge in [0, 0.05) is 24.1 Å². The first kappa shape index (κ1) is 17.2. The van der Waals surface area contributed by atoms with Crippen molar-refractivity contribution in [2.75, 3.05) is 6.54 Å². The number of carbonyl (C=O) groups is 2. The molecular weight excluding hydrogens is 334 g/mol. The molecule has 1 heterocycles. The van der Waals surface area contributed by atoms with Crippen molar-refractivity contribution in [2.24, 2.45) is 0 Å². The van der Waals surface area contributed by atoms with E-state index >= 15 is 0 Å². The Hall–Kier alpha value is -3.20. The molecule has 3 nitrogen and oxygen atoms in total. The van der Waals surface area contributed by atoms with Crippen molar-refractivity contribution in [1.29, 1.82) is 0 Å². The van der Waals surface area contributed by atoms with Crippen LogP contribution < -0.4 is 0 Å². The summed E-state index contributed by atoms with van der Waals surface area (Å²) in [7, 11) is 0. The molecule has 0 aliphatic carbocycles. The van der Waals surface area contributed by atoms with Crippen LogP contribution in [0, 0.1) is 0 Å². The van der Waals surface area contributed by atoms with E-state index in [2.05, 4.69) is 12.1 Å². The summed E-state index contributed by atoms with van der Waals surface area (Å²) in [6.45, 7) is 0.601. The molecule has 0 saturated heterocycles. The average Bonchev–Trinajstić information content (AvgIpc) is 2.99. The Kier molecular flexibility index (Phi) is 4.84. The van der Waals surface area contributed by atoms with E-state index in [4.69, 9.17) is 0 Å². The summed E-state index contributed by atoms with van der Waals surface area (Å²) in [6.07, 6.45) is 1.08. The maximum Gasteiger partial charge on any atom is 0.254 e. The number of rotatable bonds is 6. The van der Waals surface area contributed by atoms with Crippen LogP contribution in [0.4, 0.5) is 0 Å². The first-order chi connectivity index (χ1) is 13.2. The molecule has 1 amide bonds. The minimum atomic E-state index is -0.204. The van der Waals surface area contributed by atoms with Crippen molar-refractivity contribution in [3.05, 3.63) is 107 Å². The Morgan fingerprint density at radius 3 is 2.19 bits per heavy atom. The van der Waals surface area contributed by atoms with Crippen LogP contribution in [0.1, 0.15) is 44.3 Å². The zero-order valence-corrected chi connectivity index (χ0v) is 15.0. The Labute approximate surface area is 159 Å². The third-order valence-electron chi connectivity index (χ3n) is 5.15. The van der Waals surface area contributed by atoms with Gasteiger partial charge >= 0.3 is 0 Å². The van der Waals surface area contributed by atoms with Gasteiger partial charge in [-0.1, -0.05) is 78.9 Å². The van der Waals surface area contributed by atoms with Gasteiger partial charge in [0.15, 0.2) is 5.78 Å². The van der Waals surface area contributed by atoms with E-state index in [1.807, 2.05) is 77.7 Å². The monoisotopic (exact) mass is 355 g/mol. The number of Topliss-reactive ketones (excluding diaryl/α,β-unsaturated/α-hetero) is 1. The number of hydrogen-bond acceptors (Lipinski definition) is 2. The van der Waals surface area contributed by atoms with Gasteiger partial charge in [0.05, 0.1) is 6.04 Å². The Morgan fingerprint density at radius 1 is 0.815 bits per heavy atom. The maximum atomic E-state index is 13.0. The summed E-state index contributed by atoms with van der Waals surface area (Å²) in [5, 5.41) is 0. The van der Waals surface area contributed by atoms with Crippen LogP contribution in [0.3, 0.4) is 0 Å². The number of fused-ring (bicyclic) bond motifs is 1.